The zero-order chi connectivity index (χ0) is 15.7. The van der Waals surface area contributed by atoms with Crippen molar-refractivity contribution in [2.45, 2.75) is 29.5 Å². The third-order valence-corrected chi connectivity index (χ3v) is 6.51. The minimum absolute atomic E-state index is 0.0138. The van der Waals surface area contributed by atoms with Crippen LogP contribution in [0.15, 0.2) is 29.2 Å². The van der Waals surface area contributed by atoms with Crippen molar-refractivity contribution in [3.8, 4) is 0 Å². The van der Waals surface area contributed by atoms with Crippen LogP contribution in [0.25, 0.3) is 0 Å². The van der Waals surface area contributed by atoms with Crippen molar-refractivity contribution >= 4 is 25.4 Å². The van der Waals surface area contributed by atoms with Crippen LogP contribution in [-0.4, -0.2) is 40.1 Å². The van der Waals surface area contributed by atoms with E-state index in [0.717, 1.165) is 6.07 Å². The molecule has 5 nitrogen and oxygen atoms in total. The van der Waals surface area contributed by atoms with E-state index in [2.05, 4.69) is 5.32 Å². The van der Waals surface area contributed by atoms with Crippen LogP contribution in [0.5, 0.6) is 0 Å². The van der Waals surface area contributed by atoms with E-state index in [1.165, 1.54) is 18.2 Å². The molecule has 1 unspecified atom stereocenters. The second-order valence-electron chi connectivity index (χ2n) is 4.90. The minimum Gasteiger partial charge on any atom is -0.380 e. The lowest BCUT2D eigenvalue weighted by atomic mass is 10.1. The molecule has 0 aromatic heterocycles. The number of hydrogen-bond donors (Lipinski definition) is 1. The number of alkyl halides is 2. The highest BCUT2D eigenvalue weighted by molar-refractivity contribution is 7.92. The highest BCUT2D eigenvalue weighted by Crippen LogP contribution is 2.28. The molecule has 1 aromatic carbocycles. The second kappa shape index (κ2) is 5.88. The standard InChI is InChI=1S/C12H15F2NO4S2/c13-12(14)21(18,19)11-6-2-1-5-10(11)15-9-4-3-7-20(16,17)8-9/h1-2,5-6,9,12,15H,3-4,7-8H2. The summed E-state index contributed by atoms with van der Waals surface area (Å²) in [7, 11) is -7.91. The number of nitrogens with one attached hydrogen (secondary N) is 1. The SMILES string of the molecule is O=S1(=O)CCCC(Nc2ccccc2S(=O)(=O)C(F)F)C1. The molecule has 0 aliphatic carbocycles. The van der Waals surface area contributed by atoms with Crippen molar-refractivity contribution in [3.05, 3.63) is 24.3 Å². The summed E-state index contributed by atoms with van der Waals surface area (Å²) in [4.78, 5) is -0.511. The lowest BCUT2D eigenvalue weighted by molar-refractivity contribution is 0.235. The van der Waals surface area contributed by atoms with E-state index in [-0.39, 0.29) is 17.2 Å². The first-order valence-corrected chi connectivity index (χ1v) is 9.67. The third kappa shape index (κ3) is 3.70. The molecular weight excluding hydrogens is 324 g/mol. The molecule has 1 atom stereocenters. The summed E-state index contributed by atoms with van der Waals surface area (Å²) < 4.78 is 71.7. The number of para-hydroxylation sites is 1. The van der Waals surface area contributed by atoms with Gasteiger partial charge in [-0.25, -0.2) is 16.8 Å². The zero-order valence-electron chi connectivity index (χ0n) is 11.0. The molecule has 9 heteroatoms. The van der Waals surface area contributed by atoms with Gasteiger partial charge in [-0.3, -0.25) is 0 Å². The maximum Gasteiger partial charge on any atom is 0.341 e. The highest BCUT2D eigenvalue weighted by atomic mass is 32.2. The fourth-order valence-corrected chi connectivity index (χ4v) is 4.82. The van der Waals surface area contributed by atoms with Gasteiger partial charge >= 0.3 is 5.76 Å². The Morgan fingerprint density at radius 1 is 1.24 bits per heavy atom. The molecule has 1 saturated heterocycles. The van der Waals surface area contributed by atoms with Crippen LogP contribution in [0.3, 0.4) is 0 Å². The molecule has 1 aliphatic heterocycles. The van der Waals surface area contributed by atoms with Gasteiger partial charge < -0.3 is 5.32 Å². The molecule has 1 aliphatic rings. The molecule has 21 heavy (non-hydrogen) atoms. The van der Waals surface area contributed by atoms with Gasteiger partial charge in [-0.1, -0.05) is 12.1 Å². The lowest BCUT2D eigenvalue weighted by Crippen LogP contribution is -2.35. The van der Waals surface area contributed by atoms with Gasteiger partial charge in [0.05, 0.1) is 22.1 Å². The second-order valence-corrected chi connectivity index (χ2v) is 9.01. The predicted molar refractivity (Wildman–Crippen MR) is 74.9 cm³/mol. The number of anilines is 1. The highest BCUT2D eigenvalue weighted by Gasteiger charge is 2.31. The smallest absolute Gasteiger partial charge is 0.341 e. The molecule has 0 spiro atoms. The summed E-state index contributed by atoms with van der Waals surface area (Å²) in [5.41, 5.74) is 0.0138. The van der Waals surface area contributed by atoms with Crippen LogP contribution in [0, 0.1) is 0 Å². The number of hydrogen-bond acceptors (Lipinski definition) is 5. The van der Waals surface area contributed by atoms with E-state index in [0.29, 0.717) is 12.8 Å². The molecular formula is C12H15F2NO4S2. The van der Waals surface area contributed by atoms with Gasteiger partial charge in [-0.15, -0.1) is 0 Å². The monoisotopic (exact) mass is 339 g/mol. The van der Waals surface area contributed by atoms with Crippen molar-refractivity contribution in [2.24, 2.45) is 0 Å². The van der Waals surface area contributed by atoms with Crippen molar-refractivity contribution in [3.63, 3.8) is 0 Å². The molecule has 2 rings (SSSR count). The number of rotatable bonds is 4. The van der Waals surface area contributed by atoms with E-state index in [4.69, 9.17) is 0 Å². The van der Waals surface area contributed by atoms with Crippen LogP contribution in [0.1, 0.15) is 12.8 Å². The van der Waals surface area contributed by atoms with Gasteiger partial charge in [0.25, 0.3) is 0 Å². The number of benzene rings is 1. The van der Waals surface area contributed by atoms with E-state index in [1.807, 2.05) is 0 Å². The van der Waals surface area contributed by atoms with Crippen LogP contribution in [0.2, 0.25) is 0 Å². The van der Waals surface area contributed by atoms with Crippen molar-refractivity contribution in [2.75, 3.05) is 16.8 Å². The lowest BCUT2D eigenvalue weighted by Gasteiger charge is -2.25. The molecule has 1 N–H and O–H groups in total. The maximum atomic E-state index is 12.7. The molecule has 0 radical (unpaired) electrons. The topological polar surface area (TPSA) is 80.3 Å². The predicted octanol–water partition coefficient (Wildman–Crippen LogP) is 1.67. The first-order valence-electron chi connectivity index (χ1n) is 6.30. The Bertz CT molecular complexity index is 717. The Morgan fingerprint density at radius 2 is 1.90 bits per heavy atom. The van der Waals surface area contributed by atoms with Crippen LogP contribution < -0.4 is 5.32 Å². The average Bonchev–Trinajstić information content (AvgIpc) is 2.37. The molecule has 118 valence electrons. The van der Waals surface area contributed by atoms with Gasteiger partial charge in [-0.05, 0) is 25.0 Å². The Morgan fingerprint density at radius 3 is 2.52 bits per heavy atom. The fraction of sp³-hybridized carbons (Fsp3) is 0.500. The average molecular weight is 339 g/mol. The normalized spacial score (nSPS) is 22.1. The van der Waals surface area contributed by atoms with Crippen LogP contribution >= 0.6 is 0 Å². The van der Waals surface area contributed by atoms with Gasteiger partial charge in [0.15, 0.2) is 9.84 Å². The van der Waals surface area contributed by atoms with Gasteiger partial charge in [-0.2, -0.15) is 8.78 Å². The van der Waals surface area contributed by atoms with Crippen LogP contribution in [0.4, 0.5) is 14.5 Å². The van der Waals surface area contributed by atoms with E-state index in [1.54, 1.807) is 0 Å². The van der Waals surface area contributed by atoms with Crippen LogP contribution in [-0.2, 0) is 19.7 Å². The van der Waals surface area contributed by atoms with Gasteiger partial charge in [0.1, 0.15) is 0 Å². The molecule has 1 fully saturated rings. The first-order chi connectivity index (χ1) is 9.72. The summed E-state index contributed by atoms with van der Waals surface area (Å²) in [6.45, 7) is 0. The number of halogens is 2. The zero-order valence-corrected chi connectivity index (χ0v) is 12.6. The van der Waals surface area contributed by atoms with Crippen molar-refractivity contribution in [1.29, 1.82) is 0 Å². The van der Waals surface area contributed by atoms with Gasteiger partial charge in [0, 0.05) is 6.04 Å². The Hall–Kier alpha value is -1.22. The summed E-state index contributed by atoms with van der Waals surface area (Å²) in [6.07, 6.45) is 1.01. The fourth-order valence-electron chi connectivity index (χ4n) is 2.29. The molecule has 1 heterocycles. The van der Waals surface area contributed by atoms with Crippen molar-refractivity contribution in [1.82, 2.24) is 0 Å². The summed E-state index contributed by atoms with van der Waals surface area (Å²) in [6, 6.07) is 4.82. The number of sulfone groups is 2. The van der Waals surface area contributed by atoms with E-state index >= 15 is 0 Å². The quantitative estimate of drug-likeness (QED) is 0.902. The molecule has 1 aromatic rings. The molecule has 0 amide bonds. The third-order valence-electron chi connectivity index (χ3n) is 3.25. The minimum atomic E-state index is -4.73. The van der Waals surface area contributed by atoms with E-state index < -0.39 is 36.4 Å². The molecule has 0 saturated carbocycles. The van der Waals surface area contributed by atoms with Gasteiger partial charge in [0.2, 0.25) is 9.84 Å². The summed E-state index contributed by atoms with van der Waals surface area (Å²) in [5, 5.41) is 2.77. The molecule has 0 bridgehead atoms. The largest absolute Gasteiger partial charge is 0.380 e. The van der Waals surface area contributed by atoms with Crippen molar-refractivity contribution < 1.29 is 25.6 Å². The summed E-state index contributed by atoms with van der Waals surface area (Å²) >= 11 is 0. The first kappa shape index (κ1) is 16.2. The Balaban J connectivity index is 2.30. The Labute approximate surface area is 122 Å². The maximum absolute atomic E-state index is 12.7. The Kier molecular flexibility index (Phi) is 4.52. The van der Waals surface area contributed by atoms with E-state index in [9.17, 15) is 25.6 Å². The summed E-state index contributed by atoms with van der Waals surface area (Å²) in [5.74, 6) is -3.55.